The third-order valence-electron chi connectivity index (χ3n) is 17.2. The third-order valence-corrected chi connectivity index (χ3v) is 17.2. The quantitative estimate of drug-likeness (QED) is 0.149. The second-order valence-electron chi connectivity index (χ2n) is 22.8. The van der Waals surface area contributed by atoms with Crippen LogP contribution in [0.4, 0.5) is 0 Å². The van der Waals surface area contributed by atoms with E-state index in [9.17, 15) is 14.4 Å². The van der Waals surface area contributed by atoms with E-state index in [1.54, 1.807) is 0 Å². The smallest absolute Gasteiger partial charge is 0.222 e. The number of rotatable bonds is 14. The highest BCUT2D eigenvalue weighted by Gasteiger charge is 2.30. The Balaban J connectivity index is 0.000000237. The number of nitrogens with one attached hydrogen (secondary N) is 6. The van der Waals surface area contributed by atoms with Crippen molar-refractivity contribution in [2.45, 2.75) is 166 Å². The molecule has 70 heavy (non-hydrogen) atoms. The van der Waals surface area contributed by atoms with E-state index < -0.39 is 0 Å². The SMILES string of the molecule is C.CNC1CCC(CC(=O)C[C@H]2CCN(C)C2)CC1.CNC1CCC(NC)CC1.CNC1CCN(C(=O)C[C@@H]2CCN(C)C2)CC1.CN[C@@H]1CCN(C(=O)C[C@@H]2CCN(C)C2)C1.CN[C@@H]1CCN(C)C1. The lowest BCUT2D eigenvalue weighted by Gasteiger charge is -2.32. The molecule has 0 bridgehead atoms. The van der Waals surface area contributed by atoms with Crippen molar-refractivity contribution >= 4 is 17.6 Å². The number of piperidine rings is 1. The van der Waals surface area contributed by atoms with E-state index in [2.05, 4.69) is 98.7 Å². The van der Waals surface area contributed by atoms with Crippen LogP contribution in [0.2, 0.25) is 0 Å². The normalized spacial score (nSPS) is 31.0. The summed E-state index contributed by atoms with van der Waals surface area (Å²) < 4.78 is 0. The summed E-state index contributed by atoms with van der Waals surface area (Å²) in [5.41, 5.74) is 0. The zero-order valence-electron chi connectivity index (χ0n) is 46.1. The first-order valence-electron chi connectivity index (χ1n) is 28.1. The summed E-state index contributed by atoms with van der Waals surface area (Å²) in [6.07, 6.45) is 21.7. The zero-order valence-corrected chi connectivity index (χ0v) is 46.1. The molecule has 8 fully saturated rings. The van der Waals surface area contributed by atoms with Crippen LogP contribution in [0.15, 0.2) is 0 Å². The van der Waals surface area contributed by atoms with Crippen LogP contribution in [-0.4, -0.2) is 232 Å². The second-order valence-corrected chi connectivity index (χ2v) is 22.8. The van der Waals surface area contributed by atoms with E-state index in [0.29, 0.717) is 59.4 Å². The molecule has 6 heterocycles. The number of likely N-dealkylation sites (tertiary alicyclic amines) is 6. The van der Waals surface area contributed by atoms with Crippen molar-refractivity contribution in [1.29, 1.82) is 0 Å². The van der Waals surface area contributed by atoms with Gasteiger partial charge in [-0.05, 0) is 217 Å². The zero-order chi connectivity index (χ0) is 50.1. The Morgan fingerprint density at radius 1 is 0.329 bits per heavy atom. The molecule has 6 aliphatic heterocycles. The Hall–Kier alpha value is -1.79. The van der Waals surface area contributed by atoms with Gasteiger partial charge in [-0.2, -0.15) is 0 Å². The molecule has 2 saturated carbocycles. The molecule has 410 valence electrons. The number of likely N-dealkylation sites (N-methyl/N-ethyl adjacent to an activating group) is 3. The van der Waals surface area contributed by atoms with Gasteiger partial charge in [0.25, 0.3) is 0 Å². The molecule has 0 radical (unpaired) electrons. The van der Waals surface area contributed by atoms with E-state index >= 15 is 0 Å². The van der Waals surface area contributed by atoms with Gasteiger partial charge in [0.2, 0.25) is 11.8 Å². The minimum atomic E-state index is 0. The van der Waals surface area contributed by atoms with Gasteiger partial charge in [0, 0.05) is 114 Å². The van der Waals surface area contributed by atoms with Crippen LogP contribution in [0.25, 0.3) is 0 Å². The van der Waals surface area contributed by atoms with Crippen LogP contribution in [0.1, 0.15) is 129 Å². The summed E-state index contributed by atoms with van der Waals surface area (Å²) >= 11 is 0. The lowest BCUT2D eigenvalue weighted by molar-refractivity contribution is -0.133. The minimum absolute atomic E-state index is 0. The predicted molar refractivity (Wildman–Crippen MR) is 294 cm³/mol. The molecule has 0 aromatic heterocycles. The van der Waals surface area contributed by atoms with Crippen LogP contribution in [0.3, 0.4) is 0 Å². The van der Waals surface area contributed by atoms with Gasteiger partial charge in [-0.25, -0.2) is 0 Å². The third kappa shape index (κ3) is 23.6. The van der Waals surface area contributed by atoms with Crippen molar-refractivity contribution in [1.82, 2.24) is 61.3 Å². The molecule has 0 unspecified atom stereocenters. The maximum Gasteiger partial charge on any atom is 0.222 e. The highest BCUT2D eigenvalue weighted by molar-refractivity contribution is 5.79. The second kappa shape index (κ2) is 34.7. The number of hydrogen-bond acceptors (Lipinski definition) is 13. The summed E-state index contributed by atoms with van der Waals surface area (Å²) in [5, 5.41) is 19.8. The maximum atomic E-state index is 12.1. The molecular weight excluding hydrogens is 877 g/mol. The summed E-state index contributed by atoms with van der Waals surface area (Å²) in [5.74, 6) is 3.74. The molecular formula is C55H112N12O3. The van der Waals surface area contributed by atoms with E-state index in [-0.39, 0.29) is 7.43 Å². The molecule has 0 aromatic rings. The summed E-state index contributed by atoms with van der Waals surface area (Å²) in [6.45, 7) is 13.0. The molecule has 15 nitrogen and oxygen atoms in total. The molecule has 5 atom stereocenters. The Morgan fingerprint density at radius 2 is 0.629 bits per heavy atom. The number of carbonyl (C=O) groups is 3. The van der Waals surface area contributed by atoms with Gasteiger partial charge in [-0.1, -0.05) is 7.43 Å². The van der Waals surface area contributed by atoms with Crippen LogP contribution >= 0.6 is 0 Å². The Labute approximate surface area is 430 Å². The van der Waals surface area contributed by atoms with Gasteiger partial charge >= 0.3 is 0 Å². The first kappa shape index (κ1) is 62.5. The van der Waals surface area contributed by atoms with Crippen molar-refractivity contribution in [2.24, 2.45) is 23.7 Å². The molecule has 6 saturated heterocycles. The van der Waals surface area contributed by atoms with E-state index in [1.807, 2.05) is 33.1 Å². The lowest BCUT2D eigenvalue weighted by atomic mass is 9.82. The van der Waals surface area contributed by atoms with Gasteiger partial charge in [0.05, 0.1) is 0 Å². The molecule has 8 aliphatic rings. The van der Waals surface area contributed by atoms with Crippen LogP contribution in [-0.2, 0) is 14.4 Å². The van der Waals surface area contributed by atoms with Gasteiger partial charge in [-0.3, -0.25) is 14.4 Å². The van der Waals surface area contributed by atoms with Crippen LogP contribution in [0, 0.1) is 23.7 Å². The highest BCUT2D eigenvalue weighted by Crippen LogP contribution is 2.29. The fourth-order valence-corrected chi connectivity index (χ4v) is 12.2. The van der Waals surface area contributed by atoms with Gasteiger partial charge in [0.15, 0.2) is 0 Å². The molecule has 2 aliphatic carbocycles. The minimum Gasteiger partial charge on any atom is -0.343 e. The van der Waals surface area contributed by atoms with Crippen molar-refractivity contribution in [3.63, 3.8) is 0 Å². The molecule has 6 N–H and O–H groups in total. The first-order valence-corrected chi connectivity index (χ1v) is 28.1. The Bertz CT molecular complexity index is 1390. The average molecular weight is 990 g/mol. The number of nitrogens with zero attached hydrogens (tertiary/aromatic N) is 6. The van der Waals surface area contributed by atoms with Gasteiger partial charge in [0.1, 0.15) is 5.78 Å². The number of ketones is 1. The number of hydrogen-bond donors (Lipinski definition) is 6. The van der Waals surface area contributed by atoms with E-state index in [0.717, 1.165) is 122 Å². The van der Waals surface area contributed by atoms with E-state index in [1.165, 1.54) is 96.7 Å². The molecule has 0 spiro atoms. The van der Waals surface area contributed by atoms with Crippen LogP contribution in [0.5, 0.6) is 0 Å². The molecule has 0 aromatic carbocycles. The fourth-order valence-electron chi connectivity index (χ4n) is 12.2. The van der Waals surface area contributed by atoms with Crippen molar-refractivity contribution in [3.05, 3.63) is 0 Å². The van der Waals surface area contributed by atoms with Crippen molar-refractivity contribution in [2.75, 3.05) is 149 Å². The monoisotopic (exact) mass is 989 g/mol. The fraction of sp³-hybridized carbons (Fsp3) is 0.945. The number of amides is 2. The number of carbonyl (C=O) groups excluding carboxylic acids is 3. The lowest BCUT2D eigenvalue weighted by Crippen LogP contribution is -2.44. The molecule has 15 heteroatoms. The number of Topliss-reactive ketones (excluding diaryl/α,β-unsaturated/α-hetero) is 1. The van der Waals surface area contributed by atoms with Crippen molar-refractivity contribution < 1.29 is 14.4 Å². The molecule has 8 rings (SSSR count). The van der Waals surface area contributed by atoms with Crippen LogP contribution < -0.4 is 31.9 Å². The molecule has 2 amide bonds. The van der Waals surface area contributed by atoms with Gasteiger partial charge < -0.3 is 61.3 Å². The predicted octanol–water partition coefficient (Wildman–Crippen LogP) is 4.04. The standard InChI is InChI=1S/C15H28N2O.C13H25N3O.C12H23N3O.C8H18N2.C6H14N2.CH4/c1-16-14-5-3-12(4-6-14)9-15(18)10-13-7-8-17(2)11-13;1-14-12-4-7-16(8-5-12)13(17)9-11-3-6-15(2)10-11;1-13-11-4-6-15(9-11)12(16)7-10-3-5-14(2)8-10;1-9-7-3-5-8(10-2)6-4-7;1-7-6-3-4-8(2)5-6;/h12-14,16H,3-11H2,1-2H3;11-12,14H,3-10H2,1-2H3;10-11,13H,3-9H2,1-2H3;7-10H,3-6H2,1-2H3;6-7H,3-5H2,1-2H3;1H4/t12?,13-,14?;11-;10-,11+;;6-;/m100.1./s1. The van der Waals surface area contributed by atoms with Crippen molar-refractivity contribution in [3.8, 4) is 0 Å². The summed E-state index contributed by atoms with van der Waals surface area (Å²) in [4.78, 5) is 49.7. The van der Waals surface area contributed by atoms with Gasteiger partial charge in [-0.15, -0.1) is 0 Å². The summed E-state index contributed by atoms with van der Waals surface area (Å²) in [6, 6.07) is 4.13. The topological polar surface area (TPSA) is 143 Å². The first-order chi connectivity index (χ1) is 33.2. The Kier molecular flexibility index (Phi) is 30.9. The van der Waals surface area contributed by atoms with E-state index in [4.69, 9.17) is 0 Å². The highest BCUT2D eigenvalue weighted by atomic mass is 16.2. The maximum absolute atomic E-state index is 12.1. The Morgan fingerprint density at radius 3 is 0.986 bits per heavy atom. The largest absolute Gasteiger partial charge is 0.343 e. The average Bonchev–Trinajstić information content (AvgIpc) is 4.24. The summed E-state index contributed by atoms with van der Waals surface area (Å²) in [7, 11) is 20.8.